The first kappa shape index (κ1) is 16.8. The number of sulfone groups is 1. The molecule has 0 bridgehead atoms. The van der Waals surface area contributed by atoms with Gasteiger partial charge in [-0.25, -0.2) is 18.4 Å². The van der Waals surface area contributed by atoms with Crippen molar-refractivity contribution in [2.75, 3.05) is 12.8 Å². The lowest BCUT2D eigenvalue weighted by Gasteiger charge is -2.27. The van der Waals surface area contributed by atoms with Crippen molar-refractivity contribution in [3.63, 3.8) is 0 Å². The smallest absolute Gasteiger partial charge is 0.246 e. The molecule has 130 valence electrons. The molecule has 25 heavy (non-hydrogen) atoms. The summed E-state index contributed by atoms with van der Waals surface area (Å²) >= 11 is 3.54. The predicted octanol–water partition coefficient (Wildman–Crippen LogP) is 3.23. The highest BCUT2D eigenvalue weighted by atomic mass is 32.2. The largest absolute Gasteiger partial charge is 0.293 e. The third-order valence-corrected chi connectivity index (χ3v) is 6.83. The summed E-state index contributed by atoms with van der Waals surface area (Å²) in [6.07, 6.45) is 3.56. The second kappa shape index (κ2) is 6.60. The summed E-state index contributed by atoms with van der Waals surface area (Å²) in [6, 6.07) is 6.52. The Labute approximate surface area is 154 Å². The van der Waals surface area contributed by atoms with Crippen LogP contribution in [0.5, 0.6) is 0 Å². The zero-order valence-corrected chi connectivity index (χ0v) is 16.1. The molecule has 0 amide bonds. The average Bonchev–Trinajstić information content (AvgIpc) is 3.24. The van der Waals surface area contributed by atoms with Gasteiger partial charge in [0.25, 0.3) is 0 Å². The third-order valence-electron chi connectivity index (χ3n) is 4.17. The van der Waals surface area contributed by atoms with Crippen molar-refractivity contribution in [3.8, 4) is 10.4 Å². The van der Waals surface area contributed by atoms with Crippen molar-refractivity contribution in [3.05, 3.63) is 51.3 Å². The van der Waals surface area contributed by atoms with Crippen molar-refractivity contribution in [2.45, 2.75) is 24.7 Å². The maximum Gasteiger partial charge on any atom is 0.246 e. The van der Waals surface area contributed by atoms with Crippen LogP contribution in [0, 0.1) is 0 Å². The molecule has 8 heteroatoms. The maximum absolute atomic E-state index is 11.6. The summed E-state index contributed by atoms with van der Waals surface area (Å²) in [6.45, 7) is 2.52. The molecular formula is C17H17N3O2S3. The van der Waals surface area contributed by atoms with Crippen LogP contribution in [0.25, 0.3) is 10.4 Å². The fourth-order valence-electron chi connectivity index (χ4n) is 2.91. The van der Waals surface area contributed by atoms with E-state index in [1.165, 1.54) is 15.3 Å². The van der Waals surface area contributed by atoms with Crippen molar-refractivity contribution < 1.29 is 8.42 Å². The number of hydrogen-bond acceptors (Lipinski definition) is 7. The molecule has 0 saturated heterocycles. The van der Waals surface area contributed by atoms with E-state index in [-0.39, 0.29) is 5.16 Å². The van der Waals surface area contributed by atoms with Gasteiger partial charge in [0.05, 0.1) is 5.69 Å². The van der Waals surface area contributed by atoms with E-state index in [1.807, 2.05) is 11.3 Å². The highest BCUT2D eigenvalue weighted by molar-refractivity contribution is 7.90. The van der Waals surface area contributed by atoms with E-state index in [0.29, 0.717) is 0 Å². The summed E-state index contributed by atoms with van der Waals surface area (Å²) in [5.41, 5.74) is 3.16. The average molecular weight is 392 g/mol. The molecule has 0 saturated carbocycles. The number of hydrogen-bond donors (Lipinski definition) is 0. The summed E-state index contributed by atoms with van der Waals surface area (Å²) < 4.78 is 23.2. The molecule has 1 aliphatic heterocycles. The van der Waals surface area contributed by atoms with E-state index in [0.717, 1.165) is 43.6 Å². The number of rotatable bonds is 4. The van der Waals surface area contributed by atoms with Crippen LogP contribution < -0.4 is 0 Å². The van der Waals surface area contributed by atoms with E-state index in [4.69, 9.17) is 0 Å². The molecule has 0 unspecified atom stereocenters. The molecule has 0 aliphatic carbocycles. The second-order valence-electron chi connectivity index (χ2n) is 6.14. The minimum atomic E-state index is -3.35. The van der Waals surface area contributed by atoms with Crippen LogP contribution in [-0.4, -0.2) is 36.1 Å². The monoisotopic (exact) mass is 391 g/mol. The molecule has 0 fully saturated rings. The molecular weight excluding hydrogens is 374 g/mol. The predicted molar refractivity (Wildman–Crippen MR) is 101 cm³/mol. The Balaban J connectivity index is 1.48. The lowest BCUT2D eigenvalue weighted by Crippen LogP contribution is -2.31. The number of thiophene rings is 2. The van der Waals surface area contributed by atoms with Crippen LogP contribution in [0.4, 0.5) is 0 Å². The Morgan fingerprint density at radius 1 is 1.28 bits per heavy atom. The second-order valence-corrected chi connectivity index (χ2v) is 9.99. The Hall–Kier alpha value is -1.61. The van der Waals surface area contributed by atoms with Crippen LogP contribution in [0.1, 0.15) is 16.1 Å². The maximum atomic E-state index is 11.6. The van der Waals surface area contributed by atoms with E-state index in [9.17, 15) is 8.42 Å². The fourth-order valence-corrected chi connectivity index (χ4v) is 5.21. The molecule has 0 N–H and O–H groups in total. The lowest BCUT2D eigenvalue weighted by atomic mass is 10.1. The number of aromatic nitrogens is 2. The van der Waals surface area contributed by atoms with Crippen molar-refractivity contribution in [1.82, 2.24) is 14.9 Å². The van der Waals surface area contributed by atoms with Crippen molar-refractivity contribution in [1.29, 1.82) is 0 Å². The highest BCUT2D eigenvalue weighted by Crippen LogP contribution is 2.31. The summed E-state index contributed by atoms with van der Waals surface area (Å²) in [4.78, 5) is 13.3. The normalized spacial score (nSPS) is 15.2. The molecule has 0 atom stereocenters. The highest BCUT2D eigenvalue weighted by Gasteiger charge is 2.21. The summed E-state index contributed by atoms with van der Waals surface area (Å²) in [7, 11) is -3.35. The van der Waals surface area contributed by atoms with E-state index >= 15 is 0 Å². The first-order chi connectivity index (χ1) is 12.0. The molecule has 3 aromatic rings. The molecule has 1 aliphatic rings. The van der Waals surface area contributed by atoms with Crippen molar-refractivity contribution >= 4 is 32.5 Å². The van der Waals surface area contributed by atoms with Gasteiger partial charge in [0.1, 0.15) is 0 Å². The van der Waals surface area contributed by atoms with Crippen molar-refractivity contribution in [2.24, 2.45) is 0 Å². The fraction of sp³-hybridized carbons (Fsp3) is 0.294. The van der Waals surface area contributed by atoms with Crippen LogP contribution in [0.2, 0.25) is 0 Å². The van der Waals surface area contributed by atoms with Gasteiger partial charge in [0, 0.05) is 59.4 Å². The van der Waals surface area contributed by atoms with Gasteiger partial charge in [-0.3, -0.25) is 4.90 Å². The minimum Gasteiger partial charge on any atom is -0.293 e. The van der Waals surface area contributed by atoms with Gasteiger partial charge in [0.15, 0.2) is 0 Å². The Morgan fingerprint density at radius 3 is 2.92 bits per heavy atom. The minimum absolute atomic E-state index is 0.0710. The van der Waals surface area contributed by atoms with Crippen LogP contribution in [0.3, 0.4) is 0 Å². The molecule has 3 aromatic heterocycles. The zero-order valence-electron chi connectivity index (χ0n) is 13.7. The number of fused-ring (bicyclic) bond motifs is 1. The standard InChI is InChI=1S/C17H17N3O2S3/c1-25(21,22)17-18-8-13-9-20(6-4-15(13)19-17)10-14-2-3-16(24-14)12-5-7-23-11-12/h2-3,5,7-8,11H,4,6,9-10H2,1H3. The van der Waals surface area contributed by atoms with Gasteiger partial charge >= 0.3 is 0 Å². The van der Waals surface area contributed by atoms with E-state index in [1.54, 1.807) is 17.5 Å². The van der Waals surface area contributed by atoms with Gasteiger partial charge in [-0.05, 0) is 29.0 Å². The molecule has 0 aromatic carbocycles. The SMILES string of the molecule is CS(=O)(=O)c1ncc2c(n1)CCN(Cc1ccc(-c3ccsc3)s1)C2. The topological polar surface area (TPSA) is 63.2 Å². The first-order valence-electron chi connectivity index (χ1n) is 7.87. The van der Waals surface area contributed by atoms with Gasteiger partial charge in [-0.2, -0.15) is 11.3 Å². The van der Waals surface area contributed by atoms with Gasteiger partial charge in [-0.15, -0.1) is 11.3 Å². The Morgan fingerprint density at radius 2 is 2.16 bits per heavy atom. The van der Waals surface area contributed by atoms with Crippen LogP contribution in [-0.2, 0) is 29.3 Å². The Bertz CT molecular complexity index is 994. The lowest BCUT2D eigenvalue weighted by molar-refractivity contribution is 0.244. The van der Waals surface area contributed by atoms with E-state index in [2.05, 4.69) is 43.8 Å². The molecule has 5 nitrogen and oxygen atoms in total. The zero-order chi connectivity index (χ0) is 17.4. The Kier molecular flexibility index (Phi) is 4.45. The molecule has 4 rings (SSSR count). The number of nitrogens with zero attached hydrogens (tertiary/aromatic N) is 3. The van der Waals surface area contributed by atoms with Gasteiger partial charge in [0.2, 0.25) is 15.0 Å². The van der Waals surface area contributed by atoms with Gasteiger partial charge < -0.3 is 0 Å². The molecule has 0 spiro atoms. The first-order valence-corrected chi connectivity index (χ1v) is 11.5. The third kappa shape index (κ3) is 3.67. The summed E-state index contributed by atoms with van der Waals surface area (Å²) in [5.74, 6) is 0. The van der Waals surface area contributed by atoms with E-state index < -0.39 is 9.84 Å². The molecule has 4 heterocycles. The van der Waals surface area contributed by atoms with Crippen LogP contribution in [0.15, 0.2) is 40.3 Å². The summed E-state index contributed by atoms with van der Waals surface area (Å²) in [5, 5.41) is 4.20. The molecule has 0 radical (unpaired) electrons. The van der Waals surface area contributed by atoms with Gasteiger partial charge in [-0.1, -0.05) is 0 Å². The van der Waals surface area contributed by atoms with Crippen LogP contribution >= 0.6 is 22.7 Å². The quantitative estimate of drug-likeness (QED) is 0.639.